The van der Waals surface area contributed by atoms with Crippen LogP contribution in [0.4, 0.5) is 8.78 Å². The number of nitrogens with zero attached hydrogens (tertiary/aromatic N) is 3. The van der Waals surface area contributed by atoms with Gasteiger partial charge in [0.25, 0.3) is 11.8 Å². The van der Waals surface area contributed by atoms with Gasteiger partial charge < -0.3 is 34.7 Å². The number of phenols is 1. The topological polar surface area (TPSA) is 153 Å². The number of benzene rings is 2. The number of aromatic nitrogens is 1. The number of phenolic OH excluding ortho intramolecular Hbond substituents is 1. The van der Waals surface area contributed by atoms with Gasteiger partial charge in [-0.3, -0.25) is 10.4 Å². The number of carbonyl (C=O) groups is 1. The van der Waals surface area contributed by atoms with Crippen LogP contribution in [0, 0.1) is 17.0 Å². The van der Waals surface area contributed by atoms with E-state index in [1.165, 1.54) is 24.3 Å². The van der Waals surface area contributed by atoms with E-state index >= 15 is 8.78 Å². The van der Waals surface area contributed by atoms with Gasteiger partial charge in [-0.15, -0.1) is 0 Å². The molecule has 11 nitrogen and oxygen atoms in total. The number of nitrogens with two attached hydrogens (primary N) is 1. The molecule has 0 atom stereocenters. The van der Waals surface area contributed by atoms with Gasteiger partial charge in [0.15, 0.2) is 18.1 Å². The number of likely N-dealkylation sites (N-methyl/N-ethyl adjacent to an activating group) is 1. The summed E-state index contributed by atoms with van der Waals surface area (Å²) in [4.78, 5) is 22.0. The van der Waals surface area contributed by atoms with E-state index in [4.69, 9.17) is 30.1 Å². The summed E-state index contributed by atoms with van der Waals surface area (Å²) < 4.78 is 51.6. The fourth-order valence-electron chi connectivity index (χ4n) is 3.60. The van der Waals surface area contributed by atoms with E-state index in [1.54, 1.807) is 25.1 Å². The molecule has 3 aromatic rings. The van der Waals surface area contributed by atoms with E-state index in [2.05, 4.69) is 9.98 Å². The first kappa shape index (κ1) is 27.1. The Bertz CT molecular complexity index is 1450. The Hall–Kier alpha value is -4.94. The van der Waals surface area contributed by atoms with Crippen molar-refractivity contribution in [1.82, 2.24) is 9.88 Å². The van der Waals surface area contributed by atoms with Gasteiger partial charge in [-0.2, -0.15) is 13.8 Å². The molecule has 0 radical (unpaired) electrons. The van der Waals surface area contributed by atoms with Gasteiger partial charge in [-0.1, -0.05) is 12.1 Å². The molecule has 0 saturated carbocycles. The smallest absolute Gasteiger partial charge is 0.344 e. The number of carbonyl (C=O) groups excluding carboxylic acids is 1. The highest BCUT2D eigenvalue weighted by atomic mass is 19.1. The number of nitrogens with one attached hydrogen (secondary N) is 1. The minimum atomic E-state index is -1.41. The number of rotatable bonds is 10. The molecule has 0 saturated heterocycles. The van der Waals surface area contributed by atoms with E-state index in [0.29, 0.717) is 12.1 Å². The van der Waals surface area contributed by atoms with Crippen LogP contribution in [0.25, 0.3) is 0 Å². The second-order valence-electron chi connectivity index (χ2n) is 8.23. The first-order chi connectivity index (χ1) is 18.7. The summed E-state index contributed by atoms with van der Waals surface area (Å²) in [6, 6.07) is 10.3. The van der Waals surface area contributed by atoms with Gasteiger partial charge in [-0.25, -0.2) is 4.79 Å². The van der Waals surface area contributed by atoms with Crippen LogP contribution in [-0.4, -0.2) is 66.0 Å². The average molecular weight is 542 g/mol. The lowest BCUT2D eigenvalue weighted by Crippen LogP contribution is -2.23. The normalized spacial score (nSPS) is 12.6. The van der Waals surface area contributed by atoms with Crippen molar-refractivity contribution in [2.45, 2.75) is 6.92 Å². The van der Waals surface area contributed by atoms with Crippen LogP contribution in [0.1, 0.15) is 18.1 Å². The van der Waals surface area contributed by atoms with Crippen molar-refractivity contribution in [2.75, 3.05) is 33.4 Å². The molecule has 2 heterocycles. The average Bonchev–Trinajstić information content (AvgIpc) is 3.34. The highest BCUT2D eigenvalue weighted by Crippen LogP contribution is 2.39. The molecule has 0 amide bonds. The number of aromatic hydroxyl groups is 1. The van der Waals surface area contributed by atoms with Crippen LogP contribution in [0.5, 0.6) is 34.8 Å². The van der Waals surface area contributed by atoms with Crippen molar-refractivity contribution < 1.29 is 37.6 Å². The third-order valence-corrected chi connectivity index (χ3v) is 5.46. The third kappa shape index (κ3) is 6.14. The van der Waals surface area contributed by atoms with Crippen molar-refractivity contribution >= 4 is 17.6 Å². The molecule has 0 unspecified atom stereocenters. The highest BCUT2D eigenvalue weighted by Gasteiger charge is 2.27. The second-order valence-corrected chi connectivity index (χ2v) is 8.23. The molecular weight excluding hydrogens is 516 g/mol. The molecule has 0 aliphatic carbocycles. The predicted octanol–water partition coefficient (Wildman–Crippen LogP) is 3.57. The van der Waals surface area contributed by atoms with E-state index in [-0.39, 0.29) is 29.5 Å². The summed E-state index contributed by atoms with van der Waals surface area (Å²) in [5, 5.41) is 17.8. The summed E-state index contributed by atoms with van der Waals surface area (Å²) in [6.45, 7) is 2.17. The summed E-state index contributed by atoms with van der Waals surface area (Å²) in [7, 11) is 1.88. The Kier molecular flexibility index (Phi) is 8.08. The third-order valence-electron chi connectivity index (χ3n) is 5.46. The van der Waals surface area contributed by atoms with E-state index in [0.717, 1.165) is 12.4 Å². The molecule has 13 heteroatoms. The monoisotopic (exact) mass is 541 g/mol. The lowest BCUT2D eigenvalue weighted by molar-refractivity contribution is -0.145. The Labute approximate surface area is 221 Å². The number of nitrogen functional groups attached to an aromatic ring is 1. The molecule has 2 aromatic carbocycles. The van der Waals surface area contributed by atoms with Crippen molar-refractivity contribution in [2.24, 2.45) is 10.7 Å². The first-order valence-corrected chi connectivity index (χ1v) is 11.7. The SMILES string of the molecule is CCOC(=O)COc1c(F)c(Oc2cccc(C3=NCCN3C)c2)nc(Oc2cc(C(=N)N)ccc2O)c1F. The van der Waals surface area contributed by atoms with Gasteiger partial charge in [0.1, 0.15) is 17.4 Å². The number of amidine groups is 2. The molecule has 0 bridgehead atoms. The van der Waals surface area contributed by atoms with Crippen molar-refractivity contribution in [1.29, 1.82) is 5.41 Å². The number of ether oxygens (including phenoxy) is 4. The maximum atomic E-state index is 15.4. The summed E-state index contributed by atoms with van der Waals surface area (Å²) in [5.74, 6) is -6.42. The number of halogens is 2. The van der Waals surface area contributed by atoms with E-state index < -0.39 is 47.5 Å². The predicted molar refractivity (Wildman–Crippen MR) is 136 cm³/mol. The lowest BCUT2D eigenvalue weighted by atomic mass is 10.2. The molecular formula is C26H25F2N5O6. The van der Waals surface area contributed by atoms with Gasteiger partial charge in [0, 0.05) is 24.7 Å². The van der Waals surface area contributed by atoms with Crippen LogP contribution in [0.15, 0.2) is 47.5 Å². The molecule has 0 spiro atoms. The largest absolute Gasteiger partial charge is 0.504 e. The van der Waals surface area contributed by atoms with Gasteiger partial charge >= 0.3 is 5.97 Å². The van der Waals surface area contributed by atoms with E-state index in [9.17, 15) is 9.90 Å². The Morgan fingerprint density at radius 1 is 1.15 bits per heavy atom. The van der Waals surface area contributed by atoms with Crippen LogP contribution in [0.2, 0.25) is 0 Å². The van der Waals surface area contributed by atoms with Crippen LogP contribution in [0.3, 0.4) is 0 Å². The van der Waals surface area contributed by atoms with Crippen LogP contribution < -0.4 is 19.9 Å². The highest BCUT2D eigenvalue weighted by molar-refractivity contribution is 6.00. The minimum Gasteiger partial charge on any atom is -0.504 e. The lowest BCUT2D eigenvalue weighted by Gasteiger charge is -2.16. The second kappa shape index (κ2) is 11.6. The number of hydrogen-bond acceptors (Lipinski definition) is 10. The minimum absolute atomic E-state index is 0.0365. The molecule has 39 heavy (non-hydrogen) atoms. The zero-order chi connectivity index (χ0) is 28.1. The molecule has 4 N–H and O–H groups in total. The maximum Gasteiger partial charge on any atom is 0.344 e. The summed E-state index contributed by atoms with van der Waals surface area (Å²) in [6.07, 6.45) is 0. The maximum absolute atomic E-state index is 15.4. The van der Waals surface area contributed by atoms with Gasteiger partial charge in [-0.05, 0) is 37.3 Å². The van der Waals surface area contributed by atoms with Gasteiger partial charge in [0.2, 0.25) is 17.4 Å². The van der Waals surface area contributed by atoms with Crippen molar-refractivity contribution in [3.05, 3.63) is 65.2 Å². The van der Waals surface area contributed by atoms with Crippen LogP contribution >= 0.6 is 0 Å². The van der Waals surface area contributed by atoms with Crippen LogP contribution in [-0.2, 0) is 9.53 Å². The quantitative estimate of drug-likeness (QED) is 0.199. The number of esters is 1. The Morgan fingerprint density at radius 2 is 1.90 bits per heavy atom. The van der Waals surface area contributed by atoms with Crippen molar-refractivity contribution in [3.63, 3.8) is 0 Å². The Morgan fingerprint density at radius 3 is 2.56 bits per heavy atom. The summed E-state index contributed by atoms with van der Waals surface area (Å²) in [5.41, 5.74) is 6.35. The van der Waals surface area contributed by atoms with E-state index in [1.807, 2.05) is 11.9 Å². The number of pyridine rings is 1. The van der Waals surface area contributed by atoms with Gasteiger partial charge in [0.05, 0.1) is 13.2 Å². The number of hydrogen-bond donors (Lipinski definition) is 3. The molecule has 1 aromatic heterocycles. The zero-order valence-corrected chi connectivity index (χ0v) is 21.0. The Balaban J connectivity index is 1.73. The molecule has 1 aliphatic heterocycles. The molecule has 4 rings (SSSR count). The molecule has 0 fully saturated rings. The fourth-order valence-corrected chi connectivity index (χ4v) is 3.60. The summed E-state index contributed by atoms with van der Waals surface area (Å²) >= 11 is 0. The number of aliphatic imine (C=N–C) groups is 1. The zero-order valence-electron chi connectivity index (χ0n) is 21.0. The first-order valence-electron chi connectivity index (χ1n) is 11.7. The fraction of sp³-hybridized carbons (Fsp3) is 0.231. The molecule has 204 valence electrons. The van der Waals surface area contributed by atoms with Crippen molar-refractivity contribution in [3.8, 4) is 34.8 Å². The molecule has 1 aliphatic rings. The standard InChI is InChI=1S/C26H25F2N5O6/c1-3-36-19(35)13-37-22-20(27)25(38-16-6-4-5-15(11-16)24-31-9-10-33(24)2)32-26(21(22)28)39-18-12-14(23(29)30)7-8-17(18)34/h4-8,11-12,34H,3,9-10,13H2,1-2H3,(H3,29,30).